The molecule has 2 N–H and O–H groups in total. The molecule has 11 heteroatoms. The van der Waals surface area contributed by atoms with Crippen LogP contribution in [0.2, 0.25) is 0 Å². The van der Waals surface area contributed by atoms with Crippen molar-refractivity contribution < 1.29 is 26.7 Å². The molecule has 1 aliphatic rings. The maximum Gasteiger partial charge on any atom is 0.451 e. The summed E-state index contributed by atoms with van der Waals surface area (Å²) in [5, 5.41) is 6.67. The fourth-order valence-electron chi connectivity index (χ4n) is 3.16. The summed E-state index contributed by atoms with van der Waals surface area (Å²) in [6.45, 7) is 1.36. The Hall–Kier alpha value is -2.56. The van der Waals surface area contributed by atoms with Crippen molar-refractivity contribution in [2.45, 2.75) is 45.1 Å². The molecule has 28 heavy (non-hydrogen) atoms. The number of hydrogen-bond acceptors (Lipinski definition) is 4. The number of fused-ring (bicyclic) bond motifs is 1. The van der Waals surface area contributed by atoms with Crippen LogP contribution in [0.15, 0.2) is 12.1 Å². The average Bonchev–Trinajstić information content (AvgIpc) is 3.03. The molecule has 0 bridgehead atoms. The number of nitrogens with zero attached hydrogens (tertiary/aromatic N) is 4. The molecule has 0 radical (unpaired) electrons. The first-order valence-electron chi connectivity index (χ1n) is 8.53. The zero-order valence-electron chi connectivity index (χ0n) is 14.9. The van der Waals surface area contributed by atoms with E-state index in [1.165, 1.54) is 17.9 Å². The first-order valence-corrected chi connectivity index (χ1v) is 8.53. The SMILES string of the molecule is Cc1cc(C[C@@H](N)CC(=O)N2CCn3c(nnc3C(F)(F)F)C2)c(F)cc1F. The van der Waals surface area contributed by atoms with Gasteiger partial charge in [-0.3, -0.25) is 4.79 Å². The van der Waals surface area contributed by atoms with E-state index in [2.05, 4.69) is 10.2 Å². The fraction of sp³-hybridized carbons (Fsp3) is 0.471. The standard InChI is InChI=1S/C17H18F5N5O/c1-9-4-10(13(19)7-12(9)18)5-11(23)6-15(28)26-2-3-27-14(8-26)24-25-16(27)17(20,21)22/h4,7,11H,2-3,5-6,8,23H2,1H3/t11-/m1/s1. The number of amides is 1. The molecule has 0 saturated heterocycles. The van der Waals surface area contributed by atoms with Gasteiger partial charge in [0.2, 0.25) is 11.7 Å². The van der Waals surface area contributed by atoms with Gasteiger partial charge < -0.3 is 15.2 Å². The molecule has 1 aliphatic heterocycles. The summed E-state index contributed by atoms with van der Waals surface area (Å²) in [6.07, 6.45) is -4.71. The van der Waals surface area contributed by atoms with Crippen LogP contribution in [0.5, 0.6) is 0 Å². The second-order valence-corrected chi connectivity index (χ2v) is 6.77. The number of alkyl halides is 3. The Morgan fingerprint density at radius 3 is 2.61 bits per heavy atom. The number of carbonyl (C=O) groups excluding carboxylic acids is 1. The highest BCUT2D eigenvalue weighted by molar-refractivity contribution is 5.76. The van der Waals surface area contributed by atoms with Gasteiger partial charge in [-0.05, 0) is 24.5 Å². The van der Waals surface area contributed by atoms with Gasteiger partial charge in [0.15, 0.2) is 5.82 Å². The quantitative estimate of drug-likeness (QED) is 0.794. The lowest BCUT2D eigenvalue weighted by atomic mass is 10.0. The van der Waals surface area contributed by atoms with Crippen molar-refractivity contribution in [3.05, 3.63) is 46.5 Å². The highest BCUT2D eigenvalue weighted by Crippen LogP contribution is 2.29. The lowest BCUT2D eigenvalue weighted by Crippen LogP contribution is -2.42. The first kappa shape index (κ1) is 20.2. The number of aryl methyl sites for hydroxylation is 1. The number of hydrogen-bond donors (Lipinski definition) is 1. The molecule has 0 spiro atoms. The van der Waals surface area contributed by atoms with Gasteiger partial charge in [-0.15, -0.1) is 10.2 Å². The largest absolute Gasteiger partial charge is 0.451 e. The third-order valence-electron chi connectivity index (χ3n) is 4.61. The lowest BCUT2D eigenvalue weighted by Gasteiger charge is -2.29. The van der Waals surface area contributed by atoms with E-state index in [1.54, 1.807) is 0 Å². The summed E-state index contributed by atoms with van der Waals surface area (Å²) in [5.74, 6) is -2.83. The summed E-state index contributed by atoms with van der Waals surface area (Å²) in [7, 11) is 0. The van der Waals surface area contributed by atoms with E-state index in [0.29, 0.717) is 0 Å². The van der Waals surface area contributed by atoms with Crippen LogP contribution in [-0.4, -0.2) is 38.2 Å². The third kappa shape index (κ3) is 4.13. The molecule has 1 aromatic carbocycles. The van der Waals surface area contributed by atoms with E-state index in [4.69, 9.17) is 5.73 Å². The smallest absolute Gasteiger partial charge is 0.333 e. The third-order valence-corrected chi connectivity index (χ3v) is 4.61. The van der Waals surface area contributed by atoms with Gasteiger partial charge in [0, 0.05) is 31.6 Å². The zero-order chi connectivity index (χ0) is 20.6. The van der Waals surface area contributed by atoms with Crippen molar-refractivity contribution in [1.29, 1.82) is 0 Å². The van der Waals surface area contributed by atoms with Crippen molar-refractivity contribution in [2.75, 3.05) is 6.54 Å². The highest BCUT2D eigenvalue weighted by atomic mass is 19.4. The van der Waals surface area contributed by atoms with Gasteiger partial charge in [0.05, 0.1) is 6.54 Å². The van der Waals surface area contributed by atoms with E-state index in [9.17, 15) is 26.7 Å². The molecular weight excluding hydrogens is 385 g/mol. The molecular formula is C17H18F5N5O. The molecule has 1 atom stereocenters. The number of nitrogens with two attached hydrogens (primary N) is 1. The predicted molar refractivity (Wildman–Crippen MR) is 87.8 cm³/mol. The van der Waals surface area contributed by atoms with Crippen molar-refractivity contribution in [1.82, 2.24) is 19.7 Å². The average molecular weight is 403 g/mol. The maximum absolute atomic E-state index is 13.8. The van der Waals surface area contributed by atoms with Crippen LogP contribution in [0.3, 0.4) is 0 Å². The van der Waals surface area contributed by atoms with E-state index < -0.39 is 29.7 Å². The molecule has 2 aromatic rings. The molecule has 152 valence electrons. The summed E-state index contributed by atoms with van der Waals surface area (Å²) in [6, 6.07) is 1.39. The van der Waals surface area contributed by atoms with Gasteiger partial charge in [0.1, 0.15) is 11.6 Å². The molecule has 0 fully saturated rings. The van der Waals surface area contributed by atoms with Gasteiger partial charge in [-0.2, -0.15) is 13.2 Å². The predicted octanol–water partition coefficient (Wildman–Crippen LogP) is 2.19. The Morgan fingerprint density at radius 2 is 1.93 bits per heavy atom. The van der Waals surface area contributed by atoms with Crippen LogP contribution >= 0.6 is 0 Å². The van der Waals surface area contributed by atoms with E-state index in [1.807, 2.05) is 0 Å². The highest BCUT2D eigenvalue weighted by Gasteiger charge is 2.39. The summed E-state index contributed by atoms with van der Waals surface area (Å²) in [4.78, 5) is 13.8. The number of carbonyl (C=O) groups is 1. The Kier molecular flexibility index (Phi) is 5.37. The van der Waals surface area contributed by atoms with Crippen LogP contribution in [0.1, 0.15) is 29.2 Å². The van der Waals surface area contributed by atoms with Gasteiger partial charge >= 0.3 is 6.18 Å². The molecule has 2 heterocycles. The second-order valence-electron chi connectivity index (χ2n) is 6.77. The Morgan fingerprint density at radius 1 is 1.21 bits per heavy atom. The zero-order valence-corrected chi connectivity index (χ0v) is 14.9. The lowest BCUT2D eigenvalue weighted by molar-refractivity contribution is -0.148. The number of benzene rings is 1. The molecule has 0 unspecified atom stereocenters. The fourth-order valence-corrected chi connectivity index (χ4v) is 3.16. The maximum atomic E-state index is 13.8. The summed E-state index contributed by atoms with van der Waals surface area (Å²) in [5.41, 5.74) is 6.41. The minimum Gasteiger partial charge on any atom is -0.333 e. The number of halogens is 5. The van der Waals surface area contributed by atoms with Crippen molar-refractivity contribution in [3.63, 3.8) is 0 Å². The molecule has 6 nitrogen and oxygen atoms in total. The minimum atomic E-state index is -4.61. The van der Waals surface area contributed by atoms with Crippen LogP contribution in [0.4, 0.5) is 22.0 Å². The second kappa shape index (κ2) is 7.46. The normalized spacial score (nSPS) is 15.5. The first-order chi connectivity index (χ1) is 13.1. The Balaban J connectivity index is 1.63. The van der Waals surface area contributed by atoms with Crippen LogP contribution in [0, 0.1) is 18.6 Å². The van der Waals surface area contributed by atoms with Crippen molar-refractivity contribution in [3.8, 4) is 0 Å². The Labute approximate surface area is 157 Å². The molecule has 0 aliphatic carbocycles. The Bertz CT molecular complexity index is 895. The van der Waals surface area contributed by atoms with Crippen LogP contribution in [0.25, 0.3) is 0 Å². The molecule has 1 aromatic heterocycles. The minimum absolute atomic E-state index is 0.0287. The van der Waals surface area contributed by atoms with Crippen molar-refractivity contribution in [2.24, 2.45) is 5.73 Å². The topological polar surface area (TPSA) is 77.0 Å². The van der Waals surface area contributed by atoms with Crippen LogP contribution in [-0.2, 0) is 30.5 Å². The number of rotatable bonds is 4. The van der Waals surface area contributed by atoms with E-state index in [-0.39, 0.29) is 55.3 Å². The van der Waals surface area contributed by atoms with Gasteiger partial charge in [0.25, 0.3) is 0 Å². The van der Waals surface area contributed by atoms with Gasteiger partial charge in [-0.25, -0.2) is 8.78 Å². The van der Waals surface area contributed by atoms with Gasteiger partial charge in [-0.1, -0.05) is 6.07 Å². The molecule has 3 rings (SSSR count). The van der Waals surface area contributed by atoms with Crippen LogP contribution < -0.4 is 5.73 Å². The monoisotopic (exact) mass is 403 g/mol. The summed E-state index contributed by atoms with van der Waals surface area (Å²) < 4.78 is 66.7. The number of aromatic nitrogens is 3. The molecule has 0 saturated carbocycles. The summed E-state index contributed by atoms with van der Waals surface area (Å²) >= 11 is 0. The molecule has 1 amide bonds. The van der Waals surface area contributed by atoms with Crippen molar-refractivity contribution >= 4 is 5.91 Å². The van der Waals surface area contributed by atoms with E-state index in [0.717, 1.165) is 10.6 Å². The van der Waals surface area contributed by atoms with E-state index >= 15 is 0 Å².